The van der Waals surface area contributed by atoms with Crippen LogP contribution in [0.15, 0.2) is 32.7 Å². The largest absolute Gasteiger partial charge is 0.295 e. The summed E-state index contributed by atoms with van der Waals surface area (Å²) < 4.78 is 31.0. The summed E-state index contributed by atoms with van der Waals surface area (Å²) in [6.07, 6.45) is 1.69. The van der Waals surface area contributed by atoms with Gasteiger partial charge in [-0.2, -0.15) is 13.5 Å². The van der Waals surface area contributed by atoms with E-state index in [2.05, 4.69) is 21.0 Å². The highest BCUT2D eigenvalue weighted by atomic mass is 79.9. The first-order valence-electron chi connectivity index (χ1n) is 4.52. The molecule has 0 aromatic heterocycles. The molecule has 0 bridgehead atoms. The lowest BCUT2D eigenvalue weighted by molar-refractivity contribution is -0.116. The fraction of sp³-hybridized carbons (Fsp3) is 0.111. The Bertz CT molecular complexity index is 611. The topological polar surface area (TPSA) is 87.0 Å². The molecule has 1 aromatic rings. The third-order valence-electron chi connectivity index (χ3n) is 2.14. The summed E-state index contributed by atoms with van der Waals surface area (Å²) in [5.41, 5.74) is 0.433. The first-order chi connectivity index (χ1) is 7.89. The van der Waals surface area contributed by atoms with E-state index in [0.717, 1.165) is 0 Å². The van der Waals surface area contributed by atoms with Crippen LogP contribution in [-0.2, 0) is 14.9 Å². The van der Waals surface area contributed by atoms with E-state index in [-0.39, 0.29) is 21.7 Å². The second-order valence-corrected chi connectivity index (χ2v) is 5.54. The third kappa shape index (κ3) is 2.38. The van der Waals surface area contributed by atoms with Crippen LogP contribution in [-0.4, -0.2) is 25.1 Å². The molecule has 0 unspecified atom stereocenters. The van der Waals surface area contributed by atoms with Gasteiger partial charge in [-0.05, 0) is 34.1 Å². The van der Waals surface area contributed by atoms with Crippen molar-refractivity contribution in [2.24, 2.45) is 5.10 Å². The van der Waals surface area contributed by atoms with E-state index in [9.17, 15) is 13.2 Å². The number of halogens is 1. The number of hydrogen-bond acceptors (Lipinski definition) is 4. The highest BCUT2D eigenvalue weighted by molar-refractivity contribution is 9.10. The molecule has 1 heterocycles. The maximum absolute atomic E-state index is 11.4. The van der Waals surface area contributed by atoms with E-state index in [1.165, 1.54) is 29.4 Å². The summed E-state index contributed by atoms with van der Waals surface area (Å²) in [6.45, 7) is 0. The monoisotopic (exact) mass is 318 g/mol. The van der Waals surface area contributed by atoms with Crippen molar-refractivity contribution >= 4 is 43.9 Å². The molecule has 0 atom stereocenters. The molecule has 0 saturated heterocycles. The van der Waals surface area contributed by atoms with Crippen molar-refractivity contribution in [3.05, 3.63) is 22.7 Å². The first kappa shape index (κ1) is 12.2. The Morgan fingerprint density at radius 3 is 2.59 bits per heavy atom. The van der Waals surface area contributed by atoms with Gasteiger partial charge in [-0.25, -0.2) is 5.01 Å². The minimum atomic E-state index is -4.28. The molecular weight excluding hydrogens is 312 g/mol. The van der Waals surface area contributed by atoms with Gasteiger partial charge >= 0.3 is 0 Å². The van der Waals surface area contributed by atoms with E-state index in [0.29, 0.717) is 5.69 Å². The van der Waals surface area contributed by atoms with Crippen molar-refractivity contribution in [3.63, 3.8) is 0 Å². The Kier molecular flexibility index (Phi) is 3.02. The van der Waals surface area contributed by atoms with Gasteiger partial charge in [0.15, 0.2) is 0 Å². The molecule has 0 spiro atoms. The molecule has 1 aliphatic heterocycles. The summed E-state index contributed by atoms with van der Waals surface area (Å²) >= 11 is 3.02. The number of carbonyl (C=O) groups is 1. The Hall–Kier alpha value is -1.25. The third-order valence-corrected chi connectivity index (χ3v) is 3.97. The van der Waals surface area contributed by atoms with Crippen LogP contribution in [0.1, 0.15) is 6.42 Å². The van der Waals surface area contributed by atoms with Crippen LogP contribution in [0.5, 0.6) is 0 Å². The van der Waals surface area contributed by atoms with Gasteiger partial charge in [-0.3, -0.25) is 9.35 Å². The molecule has 0 fully saturated rings. The van der Waals surface area contributed by atoms with Crippen molar-refractivity contribution in [3.8, 4) is 0 Å². The Labute approximate surface area is 106 Å². The van der Waals surface area contributed by atoms with Crippen LogP contribution < -0.4 is 5.01 Å². The van der Waals surface area contributed by atoms with Gasteiger partial charge in [0.2, 0.25) is 0 Å². The van der Waals surface area contributed by atoms with Crippen molar-refractivity contribution in [2.45, 2.75) is 11.3 Å². The standard InChI is InChI=1S/C9H7BrN2O4S/c10-7-5-6(12-9(13)3-4-11-12)1-2-8(7)17(14,15)16/h1-2,4-5H,3H2,(H,14,15,16). The van der Waals surface area contributed by atoms with Crippen LogP contribution >= 0.6 is 15.9 Å². The molecule has 0 radical (unpaired) electrons. The molecular formula is C9H7BrN2O4S. The van der Waals surface area contributed by atoms with E-state index >= 15 is 0 Å². The number of hydrazone groups is 1. The lowest BCUT2D eigenvalue weighted by atomic mass is 10.3. The summed E-state index contributed by atoms with van der Waals surface area (Å²) in [5.74, 6) is -0.198. The zero-order chi connectivity index (χ0) is 12.6. The van der Waals surface area contributed by atoms with Crippen molar-refractivity contribution in [2.75, 3.05) is 5.01 Å². The SMILES string of the molecule is O=C1CC=NN1c1ccc(S(=O)(=O)O)c(Br)c1. The van der Waals surface area contributed by atoms with Crippen LogP contribution in [0.3, 0.4) is 0 Å². The average Bonchev–Trinajstić information content (AvgIpc) is 2.62. The van der Waals surface area contributed by atoms with Gasteiger partial charge in [0, 0.05) is 10.7 Å². The Morgan fingerprint density at radius 2 is 2.12 bits per heavy atom. The van der Waals surface area contributed by atoms with E-state index in [4.69, 9.17) is 4.55 Å². The van der Waals surface area contributed by atoms with Gasteiger partial charge in [0.25, 0.3) is 16.0 Å². The van der Waals surface area contributed by atoms with Gasteiger partial charge in [-0.15, -0.1) is 0 Å². The Balaban J connectivity index is 2.45. The van der Waals surface area contributed by atoms with Crippen LogP contribution in [0, 0.1) is 0 Å². The number of carbonyl (C=O) groups excluding carboxylic acids is 1. The molecule has 0 saturated carbocycles. The second-order valence-electron chi connectivity index (χ2n) is 3.30. The molecule has 1 aliphatic rings. The van der Waals surface area contributed by atoms with Gasteiger partial charge in [0.1, 0.15) is 4.90 Å². The van der Waals surface area contributed by atoms with Crippen LogP contribution in [0.2, 0.25) is 0 Å². The molecule has 1 N–H and O–H groups in total. The normalized spacial score (nSPS) is 15.6. The predicted octanol–water partition coefficient (Wildman–Crippen LogP) is 1.42. The molecule has 8 heteroatoms. The molecule has 2 rings (SSSR count). The average molecular weight is 319 g/mol. The van der Waals surface area contributed by atoms with E-state index in [1.54, 1.807) is 0 Å². The Morgan fingerprint density at radius 1 is 1.41 bits per heavy atom. The number of rotatable bonds is 2. The van der Waals surface area contributed by atoms with Gasteiger partial charge in [-0.1, -0.05) is 0 Å². The quantitative estimate of drug-likeness (QED) is 0.835. The molecule has 1 amide bonds. The minimum Gasteiger partial charge on any atom is -0.282 e. The van der Waals surface area contributed by atoms with Crippen LogP contribution in [0.25, 0.3) is 0 Å². The van der Waals surface area contributed by atoms with Gasteiger partial charge in [0.05, 0.1) is 12.1 Å². The summed E-state index contributed by atoms with van der Waals surface area (Å²) in [5, 5.41) is 5.01. The first-order valence-corrected chi connectivity index (χ1v) is 6.75. The maximum atomic E-state index is 11.4. The van der Waals surface area contributed by atoms with Gasteiger partial charge < -0.3 is 0 Å². The van der Waals surface area contributed by atoms with Crippen molar-refractivity contribution < 1.29 is 17.8 Å². The number of anilines is 1. The van der Waals surface area contributed by atoms with Crippen molar-refractivity contribution in [1.82, 2.24) is 0 Å². The number of hydrogen-bond donors (Lipinski definition) is 1. The zero-order valence-corrected chi connectivity index (χ0v) is 10.8. The minimum absolute atomic E-state index is 0.174. The number of nitrogens with zero attached hydrogens (tertiary/aromatic N) is 2. The lowest BCUT2D eigenvalue weighted by Gasteiger charge is -2.12. The smallest absolute Gasteiger partial charge is 0.282 e. The molecule has 0 aliphatic carbocycles. The number of benzene rings is 1. The zero-order valence-electron chi connectivity index (χ0n) is 8.37. The molecule has 6 nitrogen and oxygen atoms in total. The summed E-state index contributed by atoms with van der Waals surface area (Å²) in [7, 11) is -4.28. The molecule has 90 valence electrons. The summed E-state index contributed by atoms with van der Waals surface area (Å²) in [4.78, 5) is 11.1. The summed E-state index contributed by atoms with van der Waals surface area (Å²) in [6, 6.07) is 4.01. The van der Waals surface area contributed by atoms with Crippen LogP contribution in [0.4, 0.5) is 5.69 Å². The van der Waals surface area contributed by atoms with E-state index < -0.39 is 10.1 Å². The predicted molar refractivity (Wildman–Crippen MR) is 64.6 cm³/mol. The number of amides is 1. The van der Waals surface area contributed by atoms with E-state index in [1.807, 2.05) is 0 Å². The highest BCUT2D eigenvalue weighted by Gasteiger charge is 2.21. The second kappa shape index (κ2) is 4.21. The highest BCUT2D eigenvalue weighted by Crippen LogP contribution is 2.28. The molecule has 17 heavy (non-hydrogen) atoms. The maximum Gasteiger partial charge on any atom is 0.295 e. The fourth-order valence-electron chi connectivity index (χ4n) is 1.39. The molecule has 1 aromatic carbocycles. The lowest BCUT2D eigenvalue weighted by Crippen LogP contribution is -2.19. The van der Waals surface area contributed by atoms with Crippen molar-refractivity contribution in [1.29, 1.82) is 0 Å². The fourth-order valence-corrected chi connectivity index (χ4v) is 2.92.